The van der Waals surface area contributed by atoms with E-state index in [9.17, 15) is 14.4 Å². The van der Waals surface area contributed by atoms with Crippen molar-refractivity contribution >= 4 is 23.3 Å². The van der Waals surface area contributed by atoms with Crippen LogP contribution in [-0.2, 0) is 14.3 Å². The molecule has 0 aromatic heterocycles. The van der Waals surface area contributed by atoms with Gasteiger partial charge in [0.05, 0.1) is 5.92 Å². The molecular formula is C19H23NO4. The maximum Gasteiger partial charge on any atom is 0.309 e. The fourth-order valence-corrected chi connectivity index (χ4v) is 2.54. The fraction of sp³-hybridized carbons (Fsp3) is 0.421. The van der Waals surface area contributed by atoms with Crippen LogP contribution in [0, 0.1) is 5.92 Å². The molecule has 1 aliphatic rings. The number of esters is 1. The number of rotatable bonds is 7. The third-order valence-electron chi connectivity index (χ3n) is 3.92. The summed E-state index contributed by atoms with van der Waals surface area (Å²) in [6, 6.07) is 6.60. The molecule has 1 aromatic carbocycles. The van der Waals surface area contributed by atoms with E-state index in [4.69, 9.17) is 4.74 Å². The summed E-state index contributed by atoms with van der Waals surface area (Å²) >= 11 is 0. The molecule has 1 atom stereocenters. The minimum Gasteiger partial charge on any atom is -0.457 e. The monoisotopic (exact) mass is 329 g/mol. The number of ether oxygens (including phenoxy) is 1. The first-order valence-electron chi connectivity index (χ1n) is 8.35. The number of nitrogens with one attached hydrogen (secondary N) is 1. The van der Waals surface area contributed by atoms with Crippen molar-refractivity contribution in [3.63, 3.8) is 0 Å². The van der Waals surface area contributed by atoms with E-state index in [1.165, 1.54) is 0 Å². The van der Waals surface area contributed by atoms with Crippen molar-refractivity contribution in [3.8, 4) is 0 Å². The van der Waals surface area contributed by atoms with Gasteiger partial charge in [0.1, 0.15) is 0 Å². The predicted octanol–water partition coefficient (Wildman–Crippen LogP) is 3.51. The van der Waals surface area contributed by atoms with E-state index in [2.05, 4.69) is 11.4 Å². The largest absolute Gasteiger partial charge is 0.457 e. The highest BCUT2D eigenvalue weighted by Gasteiger charge is 2.21. The molecule has 0 bridgehead atoms. The first-order valence-corrected chi connectivity index (χ1v) is 8.35. The van der Waals surface area contributed by atoms with E-state index in [0.29, 0.717) is 24.1 Å². The van der Waals surface area contributed by atoms with Gasteiger partial charge in [0.2, 0.25) is 5.91 Å². The van der Waals surface area contributed by atoms with Crippen LogP contribution in [0.25, 0.3) is 0 Å². The second kappa shape index (κ2) is 9.01. The van der Waals surface area contributed by atoms with E-state index < -0.39 is 0 Å². The standard InChI is InChI=1S/C19H23NO4/c1-2-6-18(22)20-16-11-9-14(10-12-16)17(21)13-24-19(23)15-7-4-3-5-8-15/h3-4,9-12,15H,2,5-8,13H2,1H3,(H,20,22)/t15-/m0/s1. The van der Waals surface area contributed by atoms with Crippen LogP contribution < -0.4 is 5.32 Å². The molecule has 1 N–H and O–H groups in total. The molecule has 1 amide bonds. The van der Waals surface area contributed by atoms with Crippen LogP contribution in [-0.4, -0.2) is 24.3 Å². The normalized spacial score (nSPS) is 16.5. The third-order valence-corrected chi connectivity index (χ3v) is 3.92. The Kier molecular flexibility index (Phi) is 6.73. The van der Waals surface area contributed by atoms with Gasteiger partial charge in [-0.2, -0.15) is 0 Å². The maximum absolute atomic E-state index is 12.1. The lowest BCUT2D eigenvalue weighted by molar-refractivity contribution is -0.147. The molecule has 0 unspecified atom stereocenters. The van der Waals surface area contributed by atoms with Crippen LogP contribution in [0.5, 0.6) is 0 Å². The van der Waals surface area contributed by atoms with Crippen molar-refractivity contribution < 1.29 is 19.1 Å². The SMILES string of the molecule is CCCC(=O)Nc1ccc(C(=O)COC(=O)[C@H]2CC=CCC2)cc1. The average molecular weight is 329 g/mol. The van der Waals surface area contributed by atoms with Gasteiger partial charge in [0.15, 0.2) is 12.4 Å². The number of ketones is 1. The van der Waals surface area contributed by atoms with Gasteiger partial charge in [-0.15, -0.1) is 0 Å². The van der Waals surface area contributed by atoms with Gasteiger partial charge < -0.3 is 10.1 Å². The van der Waals surface area contributed by atoms with Crippen LogP contribution in [0.3, 0.4) is 0 Å². The highest BCUT2D eigenvalue weighted by atomic mass is 16.5. The second-order valence-corrected chi connectivity index (χ2v) is 5.89. The molecule has 2 rings (SSSR count). The smallest absolute Gasteiger partial charge is 0.309 e. The molecule has 0 saturated carbocycles. The highest BCUT2D eigenvalue weighted by Crippen LogP contribution is 2.19. The number of anilines is 1. The Morgan fingerprint density at radius 3 is 2.54 bits per heavy atom. The lowest BCUT2D eigenvalue weighted by Gasteiger charge is -2.16. The van der Waals surface area contributed by atoms with Gasteiger partial charge in [-0.3, -0.25) is 14.4 Å². The van der Waals surface area contributed by atoms with Crippen LogP contribution >= 0.6 is 0 Å². The molecule has 0 spiro atoms. The van der Waals surface area contributed by atoms with Gasteiger partial charge in [0, 0.05) is 17.7 Å². The molecule has 0 fully saturated rings. The summed E-state index contributed by atoms with van der Waals surface area (Å²) in [5, 5.41) is 2.76. The predicted molar refractivity (Wildman–Crippen MR) is 91.8 cm³/mol. The summed E-state index contributed by atoms with van der Waals surface area (Å²) in [5.74, 6) is -0.747. The lowest BCUT2D eigenvalue weighted by atomic mass is 9.95. The second-order valence-electron chi connectivity index (χ2n) is 5.89. The first-order chi connectivity index (χ1) is 11.6. The van der Waals surface area contributed by atoms with Crippen molar-refractivity contribution in [1.82, 2.24) is 0 Å². The number of benzene rings is 1. The summed E-state index contributed by atoms with van der Waals surface area (Å²) in [6.07, 6.45) is 7.60. The summed E-state index contributed by atoms with van der Waals surface area (Å²) < 4.78 is 5.13. The number of carbonyl (C=O) groups excluding carboxylic acids is 3. The minimum absolute atomic E-state index is 0.0490. The average Bonchev–Trinajstić information content (AvgIpc) is 2.61. The summed E-state index contributed by atoms with van der Waals surface area (Å²) in [6.45, 7) is 1.69. The molecule has 0 aliphatic heterocycles. The van der Waals surface area contributed by atoms with E-state index in [-0.39, 0.29) is 30.2 Å². The molecule has 0 heterocycles. The topological polar surface area (TPSA) is 72.5 Å². The van der Waals surface area contributed by atoms with Crippen molar-refractivity contribution in [1.29, 1.82) is 0 Å². The van der Waals surface area contributed by atoms with Crippen LogP contribution in [0.1, 0.15) is 49.4 Å². The van der Waals surface area contributed by atoms with Crippen molar-refractivity contribution in [2.75, 3.05) is 11.9 Å². The number of hydrogen-bond donors (Lipinski definition) is 1. The van der Waals surface area contributed by atoms with Gasteiger partial charge >= 0.3 is 5.97 Å². The highest BCUT2D eigenvalue weighted by molar-refractivity contribution is 5.99. The third kappa shape index (κ3) is 5.33. The zero-order chi connectivity index (χ0) is 17.4. The molecule has 5 heteroatoms. The first kappa shape index (κ1) is 17.9. The van der Waals surface area contributed by atoms with Gasteiger partial charge in [-0.05, 0) is 49.9 Å². The summed E-state index contributed by atoms with van der Waals surface area (Å²) in [7, 11) is 0. The van der Waals surface area contributed by atoms with E-state index in [0.717, 1.165) is 19.3 Å². The Labute approximate surface area is 142 Å². The molecular weight excluding hydrogens is 306 g/mol. The van der Waals surface area contributed by atoms with Crippen LogP contribution in [0.2, 0.25) is 0 Å². The molecule has 128 valence electrons. The van der Waals surface area contributed by atoms with Gasteiger partial charge in [0.25, 0.3) is 0 Å². The Morgan fingerprint density at radius 2 is 1.92 bits per heavy atom. The molecule has 0 saturated heterocycles. The number of carbonyl (C=O) groups is 3. The molecule has 1 aliphatic carbocycles. The Morgan fingerprint density at radius 1 is 1.17 bits per heavy atom. The number of allylic oxidation sites excluding steroid dienone is 2. The van der Waals surface area contributed by atoms with Crippen molar-refractivity contribution in [3.05, 3.63) is 42.0 Å². The van der Waals surface area contributed by atoms with Gasteiger partial charge in [-0.25, -0.2) is 0 Å². The van der Waals surface area contributed by atoms with Crippen LogP contribution in [0.4, 0.5) is 5.69 Å². The summed E-state index contributed by atoms with van der Waals surface area (Å²) in [5.41, 5.74) is 1.11. The Bertz CT molecular complexity index is 619. The lowest BCUT2D eigenvalue weighted by Crippen LogP contribution is -2.22. The molecule has 5 nitrogen and oxygen atoms in total. The van der Waals surface area contributed by atoms with Gasteiger partial charge in [-0.1, -0.05) is 19.1 Å². The Balaban J connectivity index is 1.82. The zero-order valence-electron chi connectivity index (χ0n) is 13.9. The quantitative estimate of drug-likeness (QED) is 0.472. The Hall–Kier alpha value is -2.43. The van der Waals surface area contributed by atoms with Crippen LogP contribution in [0.15, 0.2) is 36.4 Å². The van der Waals surface area contributed by atoms with Crippen molar-refractivity contribution in [2.24, 2.45) is 5.92 Å². The fourth-order valence-electron chi connectivity index (χ4n) is 2.54. The molecule has 0 radical (unpaired) electrons. The maximum atomic E-state index is 12.1. The summed E-state index contributed by atoms with van der Waals surface area (Å²) in [4.78, 5) is 35.5. The van der Waals surface area contributed by atoms with Crippen molar-refractivity contribution in [2.45, 2.75) is 39.0 Å². The van der Waals surface area contributed by atoms with E-state index in [1.54, 1.807) is 24.3 Å². The molecule has 1 aromatic rings. The minimum atomic E-state index is -0.309. The van der Waals surface area contributed by atoms with E-state index >= 15 is 0 Å². The number of amides is 1. The number of hydrogen-bond acceptors (Lipinski definition) is 4. The molecule has 24 heavy (non-hydrogen) atoms. The van der Waals surface area contributed by atoms with E-state index in [1.807, 2.05) is 13.0 Å². The number of Topliss-reactive ketones (excluding diaryl/α,β-unsaturated/α-hetero) is 1. The zero-order valence-corrected chi connectivity index (χ0v) is 13.9.